The van der Waals surface area contributed by atoms with Crippen molar-refractivity contribution < 1.29 is 19.8 Å². The summed E-state index contributed by atoms with van der Waals surface area (Å²) in [5, 5.41) is 20.2. The average Bonchev–Trinajstić information content (AvgIpc) is 2.28. The van der Waals surface area contributed by atoms with E-state index >= 15 is 0 Å². The summed E-state index contributed by atoms with van der Waals surface area (Å²) < 4.78 is 5.25. The first-order chi connectivity index (χ1) is 7.70. The monoisotopic (exact) mass is 221 g/mol. The van der Waals surface area contributed by atoms with Gasteiger partial charge in [0, 0.05) is 0 Å². The van der Waals surface area contributed by atoms with E-state index in [0.29, 0.717) is 5.75 Å². The van der Waals surface area contributed by atoms with Crippen molar-refractivity contribution in [2.45, 2.75) is 0 Å². The maximum atomic E-state index is 10.8. The van der Waals surface area contributed by atoms with Gasteiger partial charge in [-0.2, -0.15) is 0 Å². The highest BCUT2D eigenvalue weighted by molar-refractivity contribution is 6.43. The van der Waals surface area contributed by atoms with Crippen LogP contribution < -0.4 is 4.74 Å². The molecule has 0 aromatic heterocycles. The standard InChI is InChI=1S/C11H11NO4/c1-2-7-16-9-6-4-3-5-8(9)10(12-15)11(13)14/h2-6,15H,1,7H2,(H,13,14)/b12-10-. The van der Waals surface area contributed by atoms with Crippen LogP contribution in [0.25, 0.3) is 0 Å². The van der Waals surface area contributed by atoms with Gasteiger partial charge in [0.05, 0.1) is 5.56 Å². The van der Waals surface area contributed by atoms with E-state index in [9.17, 15) is 4.79 Å². The van der Waals surface area contributed by atoms with Gasteiger partial charge in [-0.25, -0.2) is 4.79 Å². The molecule has 5 nitrogen and oxygen atoms in total. The summed E-state index contributed by atoms with van der Waals surface area (Å²) in [6.07, 6.45) is 1.54. The minimum Gasteiger partial charge on any atom is -0.489 e. The van der Waals surface area contributed by atoms with Crippen LogP contribution >= 0.6 is 0 Å². The molecular formula is C11H11NO4. The molecule has 0 amide bonds. The predicted molar refractivity (Wildman–Crippen MR) is 58.1 cm³/mol. The fourth-order valence-corrected chi connectivity index (χ4v) is 1.15. The summed E-state index contributed by atoms with van der Waals surface area (Å²) in [7, 11) is 0. The van der Waals surface area contributed by atoms with Crippen LogP contribution in [0.15, 0.2) is 42.1 Å². The van der Waals surface area contributed by atoms with Gasteiger partial charge in [0.2, 0.25) is 0 Å². The third kappa shape index (κ3) is 2.60. The highest BCUT2D eigenvalue weighted by Crippen LogP contribution is 2.19. The Balaban J connectivity index is 3.11. The molecule has 0 saturated carbocycles. The molecule has 0 saturated heterocycles. The van der Waals surface area contributed by atoms with E-state index < -0.39 is 11.7 Å². The van der Waals surface area contributed by atoms with E-state index in [-0.39, 0.29) is 12.2 Å². The molecule has 0 spiro atoms. The van der Waals surface area contributed by atoms with Crippen LogP contribution in [0.2, 0.25) is 0 Å². The first-order valence-corrected chi connectivity index (χ1v) is 4.49. The van der Waals surface area contributed by atoms with Crippen molar-refractivity contribution >= 4 is 11.7 Å². The summed E-state index contributed by atoms with van der Waals surface area (Å²) >= 11 is 0. The van der Waals surface area contributed by atoms with Crippen LogP contribution in [-0.2, 0) is 4.79 Å². The van der Waals surface area contributed by atoms with Crippen molar-refractivity contribution in [1.82, 2.24) is 0 Å². The SMILES string of the molecule is C=CCOc1ccccc1/C(=N/O)C(=O)O. The zero-order valence-electron chi connectivity index (χ0n) is 8.46. The molecule has 0 unspecified atom stereocenters. The third-order valence-electron chi connectivity index (χ3n) is 1.80. The fraction of sp³-hybridized carbons (Fsp3) is 0.0909. The second-order valence-electron chi connectivity index (χ2n) is 2.85. The van der Waals surface area contributed by atoms with Crippen molar-refractivity contribution in [3.8, 4) is 5.75 Å². The van der Waals surface area contributed by atoms with Gasteiger partial charge in [-0.1, -0.05) is 29.9 Å². The van der Waals surface area contributed by atoms with Crippen molar-refractivity contribution in [3.05, 3.63) is 42.5 Å². The molecule has 0 heterocycles. The lowest BCUT2D eigenvalue weighted by Gasteiger charge is -2.08. The Morgan fingerprint density at radius 1 is 1.50 bits per heavy atom. The maximum Gasteiger partial charge on any atom is 0.358 e. The Labute approximate surface area is 92.3 Å². The Morgan fingerprint density at radius 2 is 2.19 bits per heavy atom. The van der Waals surface area contributed by atoms with Crippen LogP contribution in [0.1, 0.15) is 5.56 Å². The third-order valence-corrected chi connectivity index (χ3v) is 1.80. The minimum atomic E-state index is -1.32. The molecule has 0 atom stereocenters. The molecule has 16 heavy (non-hydrogen) atoms. The number of carboxylic acids is 1. The summed E-state index contributed by atoms with van der Waals surface area (Å²) in [6.45, 7) is 3.73. The largest absolute Gasteiger partial charge is 0.489 e. The summed E-state index contributed by atoms with van der Waals surface area (Å²) in [5.74, 6) is -0.991. The summed E-state index contributed by atoms with van der Waals surface area (Å²) in [6, 6.07) is 6.41. The van der Waals surface area contributed by atoms with Crippen LogP contribution in [0.4, 0.5) is 0 Å². The molecule has 5 heteroatoms. The van der Waals surface area contributed by atoms with E-state index in [1.54, 1.807) is 18.2 Å². The lowest BCUT2D eigenvalue weighted by molar-refractivity contribution is -0.129. The number of rotatable bonds is 5. The van der Waals surface area contributed by atoms with E-state index in [2.05, 4.69) is 11.7 Å². The number of hydrogen-bond donors (Lipinski definition) is 2. The van der Waals surface area contributed by atoms with Crippen molar-refractivity contribution in [3.63, 3.8) is 0 Å². The summed E-state index contributed by atoms with van der Waals surface area (Å²) in [5.41, 5.74) is -0.237. The zero-order valence-corrected chi connectivity index (χ0v) is 8.46. The van der Waals surface area contributed by atoms with Crippen LogP contribution in [0, 0.1) is 0 Å². The van der Waals surface area contributed by atoms with Crippen LogP contribution in [0.3, 0.4) is 0 Å². The number of para-hydroxylation sites is 1. The summed E-state index contributed by atoms with van der Waals surface area (Å²) in [4.78, 5) is 10.8. The number of carbonyl (C=O) groups is 1. The van der Waals surface area contributed by atoms with E-state index in [4.69, 9.17) is 15.1 Å². The molecule has 0 aliphatic heterocycles. The van der Waals surface area contributed by atoms with Gasteiger partial charge in [0.15, 0.2) is 5.71 Å². The van der Waals surface area contributed by atoms with Crippen molar-refractivity contribution in [2.75, 3.05) is 6.61 Å². The molecule has 1 aromatic carbocycles. The average molecular weight is 221 g/mol. The van der Waals surface area contributed by atoms with Gasteiger partial charge in [-0.15, -0.1) is 0 Å². The van der Waals surface area contributed by atoms with Crippen LogP contribution in [0.5, 0.6) is 5.75 Å². The highest BCUT2D eigenvalue weighted by atomic mass is 16.5. The lowest BCUT2D eigenvalue weighted by Crippen LogP contribution is -2.15. The zero-order chi connectivity index (χ0) is 12.0. The second-order valence-corrected chi connectivity index (χ2v) is 2.85. The Hall–Kier alpha value is -2.30. The van der Waals surface area contributed by atoms with Gasteiger partial charge in [-0.05, 0) is 12.1 Å². The molecule has 84 valence electrons. The van der Waals surface area contributed by atoms with E-state index in [0.717, 1.165) is 0 Å². The Kier molecular flexibility index (Phi) is 4.08. The smallest absolute Gasteiger partial charge is 0.358 e. The minimum absolute atomic E-state index is 0.222. The topological polar surface area (TPSA) is 79.1 Å². The molecule has 0 bridgehead atoms. The normalized spacial score (nSPS) is 10.9. The highest BCUT2D eigenvalue weighted by Gasteiger charge is 2.17. The number of aliphatic carboxylic acids is 1. The fourth-order valence-electron chi connectivity index (χ4n) is 1.15. The van der Waals surface area contributed by atoms with Gasteiger partial charge >= 0.3 is 5.97 Å². The predicted octanol–water partition coefficient (Wildman–Crippen LogP) is 1.51. The van der Waals surface area contributed by atoms with Crippen molar-refractivity contribution in [2.24, 2.45) is 5.16 Å². The number of benzene rings is 1. The Bertz CT molecular complexity index is 426. The van der Waals surface area contributed by atoms with E-state index in [1.165, 1.54) is 12.1 Å². The maximum absolute atomic E-state index is 10.8. The molecule has 0 fully saturated rings. The first kappa shape index (κ1) is 11.8. The Morgan fingerprint density at radius 3 is 2.75 bits per heavy atom. The van der Waals surface area contributed by atoms with Gasteiger partial charge in [0.1, 0.15) is 12.4 Å². The quantitative estimate of drug-likeness (QED) is 0.342. The number of ether oxygens (including phenoxy) is 1. The molecular weight excluding hydrogens is 210 g/mol. The molecule has 2 N–H and O–H groups in total. The van der Waals surface area contributed by atoms with Crippen LogP contribution in [-0.4, -0.2) is 28.6 Å². The second kappa shape index (κ2) is 5.55. The number of oxime groups is 1. The molecule has 0 aliphatic carbocycles. The number of carboxylic acid groups (broad SMARTS) is 1. The first-order valence-electron chi connectivity index (χ1n) is 4.49. The lowest BCUT2D eigenvalue weighted by atomic mass is 10.1. The molecule has 0 radical (unpaired) electrons. The van der Waals surface area contributed by atoms with Crippen molar-refractivity contribution in [1.29, 1.82) is 0 Å². The molecule has 0 aliphatic rings. The molecule has 1 aromatic rings. The number of nitrogens with zero attached hydrogens (tertiary/aromatic N) is 1. The van der Waals surface area contributed by atoms with Gasteiger partial charge < -0.3 is 15.1 Å². The number of hydrogen-bond acceptors (Lipinski definition) is 4. The van der Waals surface area contributed by atoms with E-state index in [1.807, 2.05) is 0 Å². The molecule has 1 rings (SSSR count). The van der Waals surface area contributed by atoms with Gasteiger partial charge in [0.25, 0.3) is 0 Å². The van der Waals surface area contributed by atoms with Gasteiger partial charge in [-0.3, -0.25) is 0 Å².